The minimum absolute atomic E-state index is 0.0539. The van der Waals surface area contributed by atoms with Crippen molar-refractivity contribution in [3.63, 3.8) is 0 Å². The van der Waals surface area contributed by atoms with Gasteiger partial charge in [0.2, 0.25) is 0 Å². The van der Waals surface area contributed by atoms with Crippen LogP contribution < -0.4 is 10.6 Å². The van der Waals surface area contributed by atoms with Crippen molar-refractivity contribution in [2.45, 2.75) is 18.9 Å². The standard InChI is InChI=1S/C17H19N3O4S2/c1-24-16(22)14-13(5-9-26-14)19-17(23)20-6-2-12(3-7-20)18-15(21)11-4-8-25-10-11/h4-5,8-10,12H,2-3,6-7H2,1H3,(H,18,21)(H,19,23). The summed E-state index contributed by atoms with van der Waals surface area (Å²) in [5.41, 5.74) is 1.13. The second kappa shape index (κ2) is 8.33. The number of rotatable bonds is 4. The highest BCUT2D eigenvalue weighted by molar-refractivity contribution is 7.12. The molecule has 0 atom stereocenters. The molecule has 1 aliphatic rings. The highest BCUT2D eigenvalue weighted by Crippen LogP contribution is 2.24. The highest BCUT2D eigenvalue weighted by atomic mass is 32.1. The van der Waals surface area contributed by atoms with Gasteiger partial charge in [0.15, 0.2) is 0 Å². The molecule has 0 unspecified atom stereocenters. The summed E-state index contributed by atoms with van der Waals surface area (Å²) in [6.07, 6.45) is 1.38. The molecule has 1 saturated heterocycles. The quantitative estimate of drug-likeness (QED) is 0.782. The highest BCUT2D eigenvalue weighted by Gasteiger charge is 2.25. The van der Waals surface area contributed by atoms with Crippen LogP contribution in [0.5, 0.6) is 0 Å². The molecular weight excluding hydrogens is 374 g/mol. The zero-order chi connectivity index (χ0) is 18.5. The fourth-order valence-electron chi connectivity index (χ4n) is 2.74. The van der Waals surface area contributed by atoms with Crippen LogP contribution in [0.25, 0.3) is 0 Å². The van der Waals surface area contributed by atoms with Gasteiger partial charge in [-0.25, -0.2) is 9.59 Å². The first kappa shape index (κ1) is 18.4. The number of thiophene rings is 2. The van der Waals surface area contributed by atoms with E-state index in [0.29, 0.717) is 42.1 Å². The molecule has 0 bridgehead atoms. The van der Waals surface area contributed by atoms with Gasteiger partial charge in [0.25, 0.3) is 5.91 Å². The number of carbonyl (C=O) groups is 3. The molecule has 1 fully saturated rings. The van der Waals surface area contributed by atoms with Gasteiger partial charge >= 0.3 is 12.0 Å². The van der Waals surface area contributed by atoms with E-state index in [1.807, 2.05) is 10.8 Å². The number of anilines is 1. The lowest BCUT2D eigenvalue weighted by molar-refractivity contribution is 0.0607. The molecule has 2 aromatic heterocycles. The van der Waals surface area contributed by atoms with Crippen LogP contribution in [-0.4, -0.2) is 49.0 Å². The minimum Gasteiger partial charge on any atom is -0.465 e. The van der Waals surface area contributed by atoms with Gasteiger partial charge in [-0.1, -0.05) is 0 Å². The normalized spacial score (nSPS) is 14.7. The summed E-state index contributed by atoms with van der Waals surface area (Å²) in [5, 5.41) is 11.2. The van der Waals surface area contributed by atoms with Crippen LogP contribution in [0.2, 0.25) is 0 Å². The number of hydrogen-bond acceptors (Lipinski definition) is 6. The summed E-state index contributed by atoms with van der Waals surface area (Å²) in [4.78, 5) is 38.3. The van der Waals surface area contributed by atoms with Crippen LogP contribution in [0, 0.1) is 0 Å². The lowest BCUT2D eigenvalue weighted by Crippen LogP contribution is -2.47. The van der Waals surface area contributed by atoms with E-state index in [9.17, 15) is 14.4 Å². The van der Waals surface area contributed by atoms with Crippen molar-refractivity contribution >= 4 is 46.3 Å². The minimum atomic E-state index is -0.467. The van der Waals surface area contributed by atoms with Crippen LogP contribution in [0.15, 0.2) is 28.3 Å². The van der Waals surface area contributed by atoms with Crippen molar-refractivity contribution in [3.05, 3.63) is 38.7 Å². The van der Waals surface area contributed by atoms with Crippen LogP contribution in [0.3, 0.4) is 0 Å². The number of methoxy groups -OCH3 is 1. The summed E-state index contributed by atoms with van der Waals surface area (Å²) in [6.45, 7) is 1.08. The summed E-state index contributed by atoms with van der Waals surface area (Å²) < 4.78 is 4.71. The number of hydrogen-bond donors (Lipinski definition) is 2. The van der Waals surface area contributed by atoms with Crippen molar-refractivity contribution in [2.75, 3.05) is 25.5 Å². The van der Waals surface area contributed by atoms with Crippen LogP contribution in [-0.2, 0) is 4.74 Å². The number of nitrogens with zero attached hydrogens (tertiary/aromatic N) is 1. The van der Waals surface area contributed by atoms with Gasteiger partial charge in [-0.2, -0.15) is 11.3 Å². The third-order valence-corrected chi connectivity index (χ3v) is 5.76. The Morgan fingerprint density at radius 1 is 1.19 bits per heavy atom. The van der Waals surface area contributed by atoms with Gasteiger partial charge < -0.3 is 20.3 Å². The van der Waals surface area contributed by atoms with Crippen molar-refractivity contribution in [1.29, 1.82) is 0 Å². The summed E-state index contributed by atoms with van der Waals surface area (Å²) in [5.74, 6) is -0.541. The third kappa shape index (κ3) is 4.23. The van der Waals surface area contributed by atoms with Gasteiger partial charge in [-0.05, 0) is 35.7 Å². The molecule has 3 rings (SSSR count). The molecule has 0 aromatic carbocycles. The number of likely N-dealkylation sites (tertiary alicyclic amines) is 1. The predicted molar refractivity (Wildman–Crippen MR) is 101 cm³/mol. The van der Waals surface area contributed by atoms with Gasteiger partial charge in [0.1, 0.15) is 4.88 Å². The molecule has 3 amide bonds. The Morgan fingerprint density at radius 2 is 1.96 bits per heavy atom. The van der Waals surface area contributed by atoms with Crippen molar-refractivity contribution < 1.29 is 19.1 Å². The molecule has 0 spiro atoms. The van der Waals surface area contributed by atoms with Crippen molar-refractivity contribution in [1.82, 2.24) is 10.2 Å². The molecule has 2 N–H and O–H groups in total. The topological polar surface area (TPSA) is 87.7 Å². The lowest BCUT2D eigenvalue weighted by Gasteiger charge is -2.32. The summed E-state index contributed by atoms with van der Waals surface area (Å²) in [6, 6.07) is 3.28. The monoisotopic (exact) mass is 393 g/mol. The number of nitrogens with one attached hydrogen (secondary N) is 2. The average molecular weight is 393 g/mol. The van der Waals surface area contributed by atoms with Gasteiger partial charge in [0, 0.05) is 30.1 Å². The molecular formula is C17H19N3O4S2. The Bertz CT molecular complexity index is 780. The van der Waals surface area contributed by atoms with Crippen LogP contribution in [0.4, 0.5) is 10.5 Å². The van der Waals surface area contributed by atoms with Crippen molar-refractivity contribution in [2.24, 2.45) is 0 Å². The second-order valence-electron chi connectivity index (χ2n) is 5.83. The largest absolute Gasteiger partial charge is 0.465 e. The van der Waals surface area contributed by atoms with E-state index in [1.165, 1.54) is 29.8 Å². The second-order valence-corrected chi connectivity index (χ2v) is 7.53. The first-order valence-corrected chi connectivity index (χ1v) is 9.95. The molecule has 2 aromatic rings. The molecule has 0 saturated carbocycles. The number of esters is 1. The van der Waals surface area contributed by atoms with E-state index in [-0.39, 0.29) is 18.0 Å². The first-order chi connectivity index (χ1) is 12.6. The van der Waals surface area contributed by atoms with Gasteiger partial charge in [-0.15, -0.1) is 11.3 Å². The molecule has 1 aliphatic heterocycles. The molecule has 3 heterocycles. The Labute approximate surface area is 159 Å². The fraction of sp³-hybridized carbons (Fsp3) is 0.353. The number of urea groups is 1. The Kier molecular flexibility index (Phi) is 5.89. The lowest BCUT2D eigenvalue weighted by atomic mass is 10.0. The third-order valence-electron chi connectivity index (χ3n) is 4.18. The maximum atomic E-state index is 12.4. The Morgan fingerprint density at radius 3 is 2.62 bits per heavy atom. The zero-order valence-corrected chi connectivity index (χ0v) is 15.8. The molecule has 138 valence electrons. The average Bonchev–Trinajstić information content (AvgIpc) is 3.33. The van der Waals surface area contributed by atoms with Gasteiger partial charge in [-0.3, -0.25) is 4.79 Å². The number of amides is 3. The molecule has 26 heavy (non-hydrogen) atoms. The van der Waals surface area contributed by atoms with E-state index >= 15 is 0 Å². The predicted octanol–water partition coefficient (Wildman–Crippen LogP) is 3.02. The fourth-order valence-corrected chi connectivity index (χ4v) is 4.14. The maximum absolute atomic E-state index is 12.4. The smallest absolute Gasteiger partial charge is 0.350 e. The summed E-state index contributed by atoms with van der Waals surface area (Å²) in [7, 11) is 1.31. The van der Waals surface area contributed by atoms with E-state index in [1.54, 1.807) is 22.4 Å². The zero-order valence-electron chi connectivity index (χ0n) is 14.2. The number of piperidine rings is 1. The number of ether oxygens (including phenoxy) is 1. The molecule has 0 radical (unpaired) electrons. The van der Waals surface area contributed by atoms with Gasteiger partial charge in [0.05, 0.1) is 12.8 Å². The molecule has 9 heteroatoms. The van der Waals surface area contributed by atoms with E-state index in [0.717, 1.165) is 0 Å². The molecule has 7 nitrogen and oxygen atoms in total. The van der Waals surface area contributed by atoms with Crippen molar-refractivity contribution in [3.8, 4) is 0 Å². The van der Waals surface area contributed by atoms with E-state index in [4.69, 9.17) is 4.74 Å². The Hall–Kier alpha value is -2.39. The SMILES string of the molecule is COC(=O)c1sccc1NC(=O)N1CCC(NC(=O)c2ccsc2)CC1. The van der Waals surface area contributed by atoms with E-state index in [2.05, 4.69) is 10.6 Å². The molecule has 0 aliphatic carbocycles. The first-order valence-electron chi connectivity index (χ1n) is 8.13. The Balaban J connectivity index is 1.50. The van der Waals surface area contributed by atoms with E-state index < -0.39 is 5.97 Å². The van der Waals surface area contributed by atoms with Crippen LogP contribution in [0.1, 0.15) is 32.9 Å². The maximum Gasteiger partial charge on any atom is 0.350 e. The number of carbonyl (C=O) groups excluding carboxylic acids is 3. The summed E-state index contributed by atoms with van der Waals surface area (Å²) >= 11 is 2.71. The van der Waals surface area contributed by atoms with Crippen LogP contribution >= 0.6 is 22.7 Å².